The number of likely N-dealkylation sites (tertiary alicyclic amines) is 1. The summed E-state index contributed by atoms with van der Waals surface area (Å²) in [6.07, 6.45) is 5.98. The van der Waals surface area contributed by atoms with Crippen molar-refractivity contribution in [2.45, 2.75) is 64.2 Å². The Balaban J connectivity index is 1.92. The summed E-state index contributed by atoms with van der Waals surface area (Å²) in [6.45, 7) is 7.85. The van der Waals surface area contributed by atoms with E-state index in [0.29, 0.717) is 0 Å². The molecule has 0 spiro atoms. The Labute approximate surface area is 161 Å². The Kier molecular flexibility index (Phi) is 5.42. The number of amides is 1. The molecule has 1 aromatic heterocycles. The van der Waals surface area contributed by atoms with Gasteiger partial charge in [-0.2, -0.15) is 0 Å². The van der Waals surface area contributed by atoms with Crippen LogP contribution in [0.4, 0.5) is 0 Å². The van der Waals surface area contributed by atoms with Crippen molar-refractivity contribution in [3.05, 3.63) is 41.7 Å². The van der Waals surface area contributed by atoms with E-state index in [1.807, 2.05) is 45.9 Å². The largest absolute Gasteiger partial charge is 0.336 e. The fourth-order valence-electron chi connectivity index (χ4n) is 3.90. The van der Waals surface area contributed by atoms with Gasteiger partial charge in [-0.05, 0) is 64.2 Å². The number of benzene rings is 1. The second-order valence-electron chi connectivity index (χ2n) is 7.56. The third kappa shape index (κ3) is 3.93. The van der Waals surface area contributed by atoms with E-state index in [-0.39, 0.29) is 23.1 Å². The molecule has 0 aliphatic carbocycles. The Morgan fingerprint density at radius 1 is 1.19 bits per heavy atom. The molecular weight excluding hydrogens is 362 g/mol. The molecule has 0 saturated carbocycles. The number of piperidine rings is 1. The normalized spacial score (nSPS) is 20.7. The maximum absolute atomic E-state index is 13.0. The molecule has 1 aromatic carbocycles. The highest BCUT2D eigenvalue weighted by Crippen LogP contribution is 2.25. The Morgan fingerprint density at radius 2 is 1.85 bits per heavy atom. The van der Waals surface area contributed by atoms with E-state index in [0.717, 1.165) is 36.1 Å². The van der Waals surface area contributed by atoms with Crippen molar-refractivity contribution in [3.8, 4) is 5.69 Å². The second-order valence-corrected chi connectivity index (χ2v) is 9.44. The fourth-order valence-corrected chi connectivity index (χ4v) is 5.18. The van der Waals surface area contributed by atoms with Crippen LogP contribution in [0.3, 0.4) is 0 Å². The summed E-state index contributed by atoms with van der Waals surface area (Å²) in [7, 11) is -3.86. The van der Waals surface area contributed by atoms with Crippen LogP contribution in [0.5, 0.6) is 0 Å². The van der Waals surface area contributed by atoms with Gasteiger partial charge < -0.3 is 4.90 Å². The first-order valence-electron chi connectivity index (χ1n) is 9.35. The highest BCUT2D eigenvalue weighted by molar-refractivity contribution is 7.92. The molecule has 3 rings (SSSR count). The molecule has 0 bridgehead atoms. The van der Waals surface area contributed by atoms with Crippen LogP contribution in [0.2, 0.25) is 0 Å². The van der Waals surface area contributed by atoms with Crippen LogP contribution in [0.1, 0.15) is 44.2 Å². The third-order valence-electron chi connectivity index (χ3n) is 5.30. The smallest absolute Gasteiger partial charge is 0.238 e. The van der Waals surface area contributed by atoms with Crippen molar-refractivity contribution < 1.29 is 13.2 Å². The van der Waals surface area contributed by atoms with Crippen molar-refractivity contribution in [2.75, 3.05) is 5.75 Å². The van der Waals surface area contributed by atoms with Crippen molar-refractivity contribution in [1.82, 2.24) is 14.5 Å². The molecule has 2 atom stereocenters. The van der Waals surface area contributed by atoms with Gasteiger partial charge >= 0.3 is 0 Å². The van der Waals surface area contributed by atoms with E-state index < -0.39 is 15.6 Å². The zero-order chi connectivity index (χ0) is 19.8. The number of hydrogen-bond donors (Lipinski definition) is 0. The van der Waals surface area contributed by atoms with Crippen molar-refractivity contribution in [3.63, 3.8) is 0 Å². The minimum atomic E-state index is -3.86. The summed E-state index contributed by atoms with van der Waals surface area (Å²) in [4.78, 5) is 18.6. The van der Waals surface area contributed by atoms with E-state index >= 15 is 0 Å². The molecule has 1 fully saturated rings. The molecule has 0 radical (unpaired) electrons. The monoisotopic (exact) mass is 389 g/mol. The van der Waals surface area contributed by atoms with Gasteiger partial charge in [0.15, 0.2) is 0 Å². The van der Waals surface area contributed by atoms with Gasteiger partial charge in [0.05, 0.1) is 5.69 Å². The number of rotatable bonds is 4. The van der Waals surface area contributed by atoms with Crippen molar-refractivity contribution in [2.24, 2.45) is 0 Å². The molecule has 7 heteroatoms. The third-order valence-corrected chi connectivity index (χ3v) is 6.79. The molecule has 1 saturated heterocycles. The maximum Gasteiger partial charge on any atom is 0.238 e. The lowest BCUT2D eigenvalue weighted by atomic mass is 9.98. The van der Waals surface area contributed by atoms with E-state index in [1.165, 1.54) is 6.20 Å². The van der Waals surface area contributed by atoms with Crippen molar-refractivity contribution >= 4 is 15.7 Å². The van der Waals surface area contributed by atoms with Crippen LogP contribution >= 0.6 is 0 Å². The number of hydrogen-bond acceptors (Lipinski definition) is 4. The lowest BCUT2D eigenvalue weighted by Crippen LogP contribution is -2.49. The Bertz CT molecular complexity index is 939. The van der Waals surface area contributed by atoms with Gasteiger partial charge in [-0.1, -0.05) is 12.1 Å². The quantitative estimate of drug-likeness (QED) is 0.806. The van der Waals surface area contributed by atoms with Gasteiger partial charge in [0.25, 0.3) is 0 Å². The van der Waals surface area contributed by atoms with E-state index in [1.54, 1.807) is 15.7 Å². The highest BCUT2D eigenvalue weighted by atomic mass is 32.2. The van der Waals surface area contributed by atoms with Crippen LogP contribution in [0, 0.1) is 13.8 Å². The zero-order valence-corrected chi connectivity index (χ0v) is 17.2. The van der Waals surface area contributed by atoms with Crippen LogP contribution in [-0.4, -0.2) is 46.6 Å². The second kappa shape index (κ2) is 7.46. The maximum atomic E-state index is 13.0. The topological polar surface area (TPSA) is 72.3 Å². The van der Waals surface area contributed by atoms with Crippen LogP contribution in [-0.2, 0) is 14.6 Å². The summed E-state index contributed by atoms with van der Waals surface area (Å²) in [5.41, 5.74) is 2.73. The van der Waals surface area contributed by atoms with Gasteiger partial charge in [0.1, 0.15) is 5.75 Å². The number of aromatic nitrogens is 2. The summed E-state index contributed by atoms with van der Waals surface area (Å²) >= 11 is 0. The van der Waals surface area contributed by atoms with Gasteiger partial charge in [-0.25, -0.2) is 13.4 Å². The van der Waals surface area contributed by atoms with Crippen LogP contribution < -0.4 is 0 Å². The molecular formula is C20H27N3O3S. The van der Waals surface area contributed by atoms with Gasteiger partial charge in [-0.15, -0.1) is 0 Å². The van der Waals surface area contributed by atoms with Gasteiger partial charge in [0, 0.05) is 24.5 Å². The summed E-state index contributed by atoms with van der Waals surface area (Å²) < 4.78 is 27.6. The molecule has 1 aliphatic heterocycles. The Morgan fingerprint density at radius 3 is 2.52 bits per heavy atom. The summed E-state index contributed by atoms with van der Waals surface area (Å²) in [5, 5.41) is -0.0816. The summed E-state index contributed by atoms with van der Waals surface area (Å²) in [6, 6.07) is 5.98. The lowest BCUT2D eigenvalue weighted by molar-refractivity contribution is -0.134. The first-order chi connectivity index (χ1) is 12.7. The number of carbonyl (C=O) groups excluding carboxylic acids is 1. The summed E-state index contributed by atoms with van der Waals surface area (Å²) in [5.74, 6) is -0.894. The van der Waals surface area contributed by atoms with Crippen molar-refractivity contribution in [1.29, 1.82) is 0 Å². The number of imidazole rings is 1. The molecule has 1 amide bonds. The SMILES string of the molecule is Cc1ccc(C)c(-n2ccnc2S(=O)(=O)CC(=O)N2[C@H](C)CCC[C@@H]2C)c1. The molecule has 6 nitrogen and oxygen atoms in total. The molecule has 2 heterocycles. The van der Waals surface area contributed by atoms with E-state index in [4.69, 9.17) is 0 Å². The molecule has 2 aromatic rings. The average molecular weight is 390 g/mol. The molecule has 27 heavy (non-hydrogen) atoms. The predicted octanol–water partition coefficient (Wildman–Crippen LogP) is 3.05. The Hall–Kier alpha value is -2.15. The average Bonchev–Trinajstić information content (AvgIpc) is 3.07. The predicted molar refractivity (Wildman–Crippen MR) is 105 cm³/mol. The van der Waals surface area contributed by atoms with E-state index in [2.05, 4.69) is 4.98 Å². The minimum absolute atomic E-state index is 0.0650. The molecule has 146 valence electrons. The molecule has 1 aliphatic rings. The minimum Gasteiger partial charge on any atom is -0.336 e. The highest BCUT2D eigenvalue weighted by Gasteiger charge is 2.33. The first-order valence-corrected chi connectivity index (χ1v) is 11.0. The number of sulfone groups is 1. The van der Waals surface area contributed by atoms with Gasteiger partial charge in [-0.3, -0.25) is 9.36 Å². The number of carbonyl (C=O) groups is 1. The van der Waals surface area contributed by atoms with E-state index in [9.17, 15) is 13.2 Å². The number of nitrogens with zero attached hydrogens (tertiary/aromatic N) is 3. The molecule has 0 unspecified atom stereocenters. The van der Waals surface area contributed by atoms with Crippen LogP contribution in [0.15, 0.2) is 35.7 Å². The number of aryl methyl sites for hydroxylation is 2. The van der Waals surface area contributed by atoms with Crippen LogP contribution in [0.25, 0.3) is 5.69 Å². The zero-order valence-electron chi connectivity index (χ0n) is 16.3. The standard InChI is InChI=1S/C20H27N3O3S/c1-14-8-9-15(2)18(12-14)22-11-10-21-20(22)27(25,26)13-19(24)23-16(3)6-5-7-17(23)4/h8-12,16-17H,5-7,13H2,1-4H3/t16-,17+. The first kappa shape index (κ1) is 19.6. The molecule has 0 N–H and O–H groups in total. The van der Waals surface area contributed by atoms with Gasteiger partial charge in [0.2, 0.25) is 20.9 Å². The fraction of sp³-hybridized carbons (Fsp3) is 0.500. The lowest BCUT2D eigenvalue weighted by Gasteiger charge is -2.39.